The van der Waals surface area contributed by atoms with Crippen molar-refractivity contribution in [2.45, 2.75) is 13.0 Å². The summed E-state index contributed by atoms with van der Waals surface area (Å²) in [6, 6.07) is 8.29. The van der Waals surface area contributed by atoms with Crippen molar-refractivity contribution in [1.29, 1.82) is 0 Å². The van der Waals surface area contributed by atoms with Gasteiger partial charge in [-0.25, -0.2) is 0 Å². The number of hydrogen-bond acceptors (Lipinski definition) is 6. The molecule has 0 aliphatic carbocycles. The molecule has 0 radical (unpaired) electrons. The zero-order valence-electron chi connectivity index (χ0n) is 14.2. The molecule has 128 valence electrons. The smallest absolute Gasteiger partial charge is 0.0890 e. The summed E-state index contributed by atoms with van der Waals surface area (Å²) in [6.45, 7) is 4.92. The van der Waals surface area contributed by atoms with Crippen LogP contribution in [-0.2, 0) is 6.54 Å². The summed E-state index contributed by atoms with van der Waals surface area (Å²) in [7, 11) is 0. The van der Waals surface area contributed by atoms with E-state index >= 15 is 0 Å². The van der Waals surface area contributed by atoms with Crippen molar-refractivity contribution in [1.82, 2.24) is 20.3 Å². The van der Waals surface area contributed by atoms with Gasteiger partial charge in [-0.1, -0.05) is 6.07 Å². The molecular weight excluding hydrogens is 312 g/mol. The monoisotopic (exact) mass is 334 g/mol. The van der Waals surface area contributed by atoms with Gasteiger partial charge < -0.3 is 15.5 Å². The molecular formula is C19H22N6. The highest BCUT2D eigenvalue weighted by molar-refractivity contribution is 5.75. The summed E-state index contributed by atoms with van der Waals surface area (Å²) in [6.07, 6.45) is 8.38. The van der Waals surface area contributed by atoms with Crippen LogP contribution in [0, 0.1) is 0 Å². The highest BCUT2D eigenvalue weighted by atomic mass is 15.2. The first kappa shape index (κ1) is 15.8. The van der Waals surface area contributed by atoms with Crippen molar-refractivity contribution in [3.8, 4) is 0 Å². The van der Waals surface area contributed by atoms with E-state index in [0.29, 0.717) is 0 Å². The van der Waals surface area contributed by atoms with Crippen LogP contribution in [0.3, 0.4) is 0 Å². The zero-order valence-corrected chi connectivity index (χ0v) is 14.2. The minimum Gasteiger partial charge on any atom is -0.378 e. The maximum Gasteiger partial charge on any atom is 0.0890 e. The Morgan fingerprint density at radius 1 is 1.00 bits per heavy atom. The molecule has 3 heterocycles. The Balaban J connectivity index is 1.52. The summed E-state index contributed by atoms with van der Waals surface area (Å²) in [4.78, 5) is 15.4. The van der Waals surface area contributed by atoms with Crippen LogP contribution in [0.2, 0.25) is 0 Å². The lowest BCUT2D eigenvalue weighted by molar-refractivity contribution is 0.724. The Bertz CT molecular complexity index is 842. The summed E-state index contributed by atoms with van der Waals surface area (Å²) in [5, 5.41) is 6.99. The molecule has 0 amide bonds. The Labute approximate surface area is 147 Å². The fraction of sp³-hybridized carbons (Fsp3) is 0.316. The maximum atomic E-state index is 4.38. The first-order valence-corrected chi connectivity index (χ1v) is 8.73. The lowest BCUT2D eigenvalue weighted by Crippen LogP contribution is -2.28. The Morgan fingerprint density at radius 2 is 1.92 bits per heavy atom. The normalized spacial score (nSPS) is 15.1. The zero-order chi connectivity index (χ0) is 16.9. The standard InChI is InChI=1S/C19H22N6/c1-5-20-9-11-25(10-1)19-4-6-21-14-18(19)24-13-15-2-3-16-17(12-15)23-8-7-22-16/h2-4,6-8,12,14,20,24H,1,5,9-11,13H2. The SMILES string of the molecule is c1cc(N2CCCNCC2)c(NCc2ccc3nccnc3c2)cn1. The lowest BCUT2D eigenvalue weighted by atomic mass is 10.2. The average Bonchev–Trinajstić information content (AvgIpc) is 2.96. The van der Waals surface area contributed by atoms with Gasteiger partial charge in [0, 0.05) is 44.8 Å². The molecule has 6 heteroatoms. The van der Waals surface area contributed by atoms with Crippen molar-refractivity contribution in [3.63, 3.8) is 0 Å². The van der Waals surface area contributed by atoms with E-state index in [1.54, 1.807) is 12.4 Å². The largest absolute Gasteiger partial charge is 0.378 e. The molecule has 2 N–H and O–H groups in total. The summed E-state index contributed by atoms with van der Waals surface area (Å²) in [5.74, 6) is 0. The second-order valence-corrected chi connectivity index (χ2v) is 6.22. The van der Waals surface area contributed by atoms with Crippen LogP contribution in [0.1, 0.15) is 12.0 Å². The van der Waals surface area contributed by atoms with Crippen molar-refractivity contribution < 1.29 is 0 Å². The van der Waals surface area contributed by atoms with E-state index in [0.717, 1.165) is 55.9 Å². The second-order valence-electron chi connectivity index (χ2n) is 6.22. The van der Waals surface area contributed by atoms with Gasteiger partial charge in [0.25, 0.3) is 0 Å². The number of nitrogens with zero attached hydrogens (tertiary/aromatic N) is 4. The first-order chi connectivity index (χ1) is 12.4. The van der Waals surface area contributed by atoms with Crippen molar-refractivity contribution >= 4 is 22.4 Å². The molecule has 4 rings (SSSR count). The van der Waals surface area contributed by atoms with E-state index < -0.39 is 0 Å². The molecule has 6 nitrogen and oxygen atoms in total. The van der Waals surface area contributed by atoms with Gasteiger partial charge in [0.2, 0.25) is 0 Å². The number of rotatable bonds is 4. The van der Waals surface area contributed by atoms with Gasteiger partial charge in [-0.05, 0) is 36.7 Å². The van der Waals surface area contributed by atoms with Gasteiger partial charge >= 0.3 is 0 Å². The Kier molecular flexibility index (Phi) is 4.70. The molecule has 25 heavy (non-hydrogen) atoms. The van der Waals surface area contributed by atoms with Gasteiger partial charge in [0.15, 0.2) is 0 Å². The van der Waals surface area contributed by atoms with E-state index in [4.69, 9.17) is 0 Å². The first-order valence-electron chi connectivity index (χ1n) is 8.73. The predicted molar refractivity (Wildman–Crippen MR) is 101 cm³/mol. The van der Waals surface area contributed by atoms with Crippen LogP contribution in [-0.4, -0.2) is 41.1 Å². The van der Waals surface area contributed by atoms with Crippen molar-refractivity contribution in [3.05, 3.63) is 54.6 Å². The molecule has 1 aliphatic heterocycles. The Morgan fingerprint density at radius 3 is 2.88 bits per heavy atom. The summed E-state index contributed by atoms with van der Waals surface area (Å²) < 4.78 is 0. The molecule has 2 aromatic heterocycles. The molecule has 0 atom stereocenters. The lowest BCUT2D eigenvalue weighted by Gasteiger charge is -2.25. The number of benzene rings is 1. The highest BCUT2D eigenvalue weighted by Crippen LogP contribution is 2.25. The molecule has 1 fully saturated rings. The van der Waals surface area contributed by atoms with Gasteiger partial charge in [-0.3, -0.25) is 15.0 Å². The average molecular weight is 334 g/mol. The number of aromatic nitrogens is 3. The molecule has 0 bridgehead atoms. The number of anilines is 2. The fourth-order valence-electron chi connectivity index (χ4n) is 3.20. The topological polar surface area (TPSA) is 66.0 Å². The quantitative estimate of drug-likeness (QED) is 0.764. The minimum atomic E-state index is 0.733. The summed E-state index contributed by atoms with van der Waals surface area (Å²) in [5.41, 5.74) is 5.32. The fourth-order valence-corrected chi connectivity index (χ4v) is 3.20. The van der Waals surface area contributed by atoms with E-state index in [1.807, 2.05) is 18.5 Å². The minimum absolute atomic E-state index is 0.733. The van der Waals surface area contributed by atoms with Crippen molar-refractivity contribution in [2.75, 3.05) is 36.4 Å². The van der Waals surface area contributed by atoms with Crippen LogP contribution >= 0.6 is 0 Å². The van der Waals surface area contributed by atoms with Crippen LogP contribution < -0.4 is 15.5 Å². The van der Waals surface area contributed by atoms with Gasteiger partial charge in [-0.15, -0.1) is 0 Å². The summed E-state index contributed by atoms with van der Waals surface area (Å²) >= 11 is 0. The number of nitrogens with one attached hydrogen (secondary N) is 2. The molecule has 0 saturated carbocycles. The molecule has 0 spiro atoms. The number of pyridine rings is 1. The van der Waals surface area contributed by atoms with E-state index in [-0.39, 0.29) is 0 Å². The third kappa shape index (κ3) is 3.69. The van der Waals surface area contributed by atoms with Crippen LogP contribution in [0.4, 0.5) is 11.4 Å². The van der Waals surface area contributed by atoms with E-state index in [9.17, 15) is 0 Å². The van der Waals surface area contributed by atoms with Crippen molar-refractivity contribution in [2.24, 2.45) is 0 Å². The molecule has 3 aromatic rings. The third-order valence-corrected chi connectivity index (χ3v) is 4.50. The van der Waals surface area contributed by atoms with Gasteiger partial charge in [0.05, 0.1) is 28.6 Å². The predicted octanol–water partition coefficient (Wildman–Crippen LogP) is 2.44. The highest BCUT2D eigenvalue weighted by Gasteiger charge is 2.13. The number of fused-ring (bicyclic) bond motifs is 1. The number of hydrogen-bond donors (Lipinski definition) is 2. The van der Waals surface area contributed by atoms with E-state index in [1.165, 1.54) is 11.3 Å². The van der Waals surface area contributed by atoms with Crippen LogP contribution in [0.15, 0.2) is 49.1 Å². The molecule has 0 unspecified atom stereocenters. The molecule has 1 saturated heterocycles. The van der Waals surface area contributed by atoms with Crippen LogP contribution in [0.25, 0.3) is 11.0 Å². The van der Waals surface area contributed by atoms with Gasteiger partial charge in [-0.2, -0.15) is 0 Å². The van der Waals surface area contributed by atoms with Crippen LogP contribution in [0.5, 0.6) is 0 Å². The van der Waals surface area contributed by atoms with E-state index in [2.05, 4.69) is 48.7 Å². The maximum absolute atomic E-state index is 4.38. The second kappa shape index (κ2) is 7.44. The third-order valence-electron chi connectivity index (χ3n) is 4.50. The van der Waals surface area contributed by atoms with Gasteiger partial charge in [0.1, 0.15) is 0 Å². The molecule has 1 aliphatic rings. The Hall–Kier alpha value is -2.73. The molecule has 1 aromatic carbocycles.